The van der Waals surface area contributed by atoms with Crippen molar-refractivity contribution in [1.82, 2.24) is 0 Å². The van der Waals surface area contributed by atoms with E-state index in [0.717, 1.165) is 17.0 Å². The fraction of sp³-hybridized carbons (Fsp3) is 0.0714. The average Bonchev–Trinajstić information content (AvgIpc) is 2.42. The average molecular weight is 310 g/mol. The molecular formula is C14H12F2N2S2. The molecule has 0 aromatic heterocycles. The van der Waals surface area contributed by atoms with E-state index in [1.807, 2.05) is 18.4 Å². The Hall–Kier alpha value is -1.66. The number of rotatable bonds is 4. The monoisotopic (exact) mass is 310 g/mol. The van der Waals surface area contributed by atoms with Crippen LogP contribution in [0.15, 0.2) is 41.3 Å². The number of thiocarbonyl (C=S) groups is 1. The van der Waals surface area contributed by atoms with E-state index in [1.54, 1.807) is 6.07 Å². The van der Waals surface area contributed by atoms with Crippen LogP contribution in [0.2, 0.25) is 0 Å². The van der Waals surface area contributed by atoms with Gasteiger partial charge in [0, 0.05) is 27.9 Å². The highest BCUT2D eigenvalue weighted by Gasteiger charge is 2.11. The van der Waals surface area contributed by atoms with Crippen molar-refractivity contribution >= 4 is 40.3 Å². The van der Waals surface area contributed by atoms with E-state index in [9.17, 15) is 8.78 Å². The number of anilines is 2. The van der Waals surface area contributed by atoms with E-state index in [4.69, 9.17) is 18.0 Å². The number of hydrogen-bond acceptors (Lipinski definition) is 3. The molecule has 0 heterocycles. The second-order valence-electron chi connectivity index (χ2n) is 4.00. The second-order valence-corrected chi connectivity index (χ2v) is 5.29. The quantitative estimate of drug-likeness (QED) is 0.659. The molecule has 104 valence electrons. The minimum Gasteiger partial charge on any atom is -0.389 e. The molecule has 6 heteroatoms. The molecule has 0 saturated heterocycles. The van der Waals surface area contributed by atoms with Crippen molar-refractivity contribution in [2.45, 2.75) is 4.90 Å². The van der Waals surface area contributed by atoms with Crippen molar-refractivity contribution in [1.29, 1.82) is 0 Å². The molecule has 2 aromatic rings. The number of halogens is 2. The third kappa shape index (κ3) is 3.08. The van der Waals surface area contributed by atoms with Gasteiger partial charge in [-0.1, -0.05) is 18.3 Å². The molecule has 2 aromatic carbocycles. The summed E-state index contributed by atoms with van der Waals surface area (Å²) in [6, 6.07) is 9.13. The maximum absolute atomic E-state index is 13.2. The van der Waals surface area contributed by atoms with Gasteiger partial charge < -0.3 is 11.1 Å². The van der Waals surface area contributed by atoms with Crippen LogP contribution in [0.1, 0.15) is 5.56 Å². The lowest BCUT2D eigenvalue weighted by Gasteiger charge is -2.14. The first-order chi connectivity index (χ1) is 9.52. The lowest BCUT2D eigenvalue weighted by atomic mass is 10.1. The summed E-state index contributed by atoms with van der Waals surface area (Å²) in [5.41, 5.74) is 7.53. The Kier molecular flexibility index (Phi) is 4.57. The van der Waals surface area contributed by atoms with Crippen molar-refractivity contribution in [3.8, 4) is 0 Å². The highest BCUT2D eigenvalue weighted by molar-refractivity contribution is 7.98. The van der Waals surface area contributed by atoms with Gasteiger partial charge in [-0.25, -0.2) is 8.78 Å². The van der Waals surface area contributed by atoms with Crippen LogP contribution in [0, 0.1) is 11.6 Å². The van der Waals surface area contributed by atoms with Gasteiger partial charge in [0.25, 0.3) is 0 Å². The zero-order chi connectivity index (χ0) is 14.7. The normalized spacial score (nSPS) is 10.3. The van der Waals surface area contributed by atoms with E-state index >= 15 is 0 Å². The molecule has 0 unspecified atom stereocenters. The molecule has 20 heavy (non-hydrogen) atoms. The molecule has 2 rings (SSSR count). The van der Waals surface area contributed by atoms with Crippen LogP contribution in [0.5, 0.6) is 0 Å². The Morgan fingerprint density at radius 1 is 1.20 bits per heavy atom. The molecule has 0 aliphatic carbocycles. The lowest BCUT2D eigenvalue weighted by molar-refractivity contribution is 0.509. The fourth-order valence-corrected chi connectivity index (χ4v) is 2.71. The maximum Gasteiger partial charge on any atom is 0.160 e. The number of hydrogen-bond donors (Lipinski definition) is 2. The standard InChI is InChI=1S/C14H12F2N2S2/c1-20-12-4-2-3-11(13(12)14(17)19)18-8-5-6-9(15)10(16)7-8/h2-7,18H,1H3,(H2,17,19). The Morgan fingerprint density at radius 3 is 2.55 bits per heavy atom. The van der Waals surface area contributed by atoms with Crippen molar-refractivity contribution in [3.63, 3.8) is 0 Å². The van der Waals surface area contributed by atoms with Crippen LogP contribution in [-0.4, -0.2) is 11.2 Å². The van der Waals surface area contributed by atoms with Gasteiger partial charge >= 0.3 is 0 Å². The molecular weight excluding hydrogens is 298 g/mol. The van der Waals surface area contributed by atoms with E-state index in [-0.39, 0.29) is 4.99 Å². The first kappa shape index (κ1) is 14.7. The SMILES string of the molecule is CSc1cccc(Nc2ccc(F)c(F)c2)c1C(N)=S. The number of nitrogens with two attached hydrogens (primary N) is 1. The van der Waals surface area contributed by atoms with Crippen LogP contribution in [0.3, 0.4) is 0 Å². The Balaban J connectivity index is 2.42. The first-order valence-electron chi connectivity index (χ1n) is 5.72. The Bertz CT molecular complexity index is 660. The van der Waals surface area contributed by atoms with Gasteiger partial charge in [0.2, 0.25) is 0 Å². The molecule has 3 N–H and O–H groups in total. The van der Waals surface area contributed by atoms with Crippen LogP contribution in [-0.2, 0) is 0 Å². The van der Waals surface area contributed by atoms with Crippen molar-refractivity contribution < 1.29 is 8.78 Å². The highest BCUT2D eigenvalue weighted by Crippen LogP contribution is 2.29. The van der Waals surface area contributed by atoms with Gasteiger partial charge in [-0.3, -0.25) is 0 Å². The minimum atomic E-state index is -0.909. The van der Waals surface area contributed by atoms with Gasteiger partial charge in [0.05, 0.1) is 0 Å². The van der Waals surface area contributed by atoms with Gasteiger partial charge in [-0.05, 0) is 30.5 Å². The number of benzene rings is 2. The summed E-state index contributed by atoms with van der Waals surface area (Å²) >= 11 is 6.57. The Morgan fingerprint density at radius 2 is 1.95 bits per heavy atom. The molecule has 0 fully saturated rings. The van der Waals surface area contributed by atoms with Gasteiger partial charge in [0.1, 0.15) is 4.99 Å². The van der Waals surface area contributed by atoms with Crippen LogP contribution in [0.25, 0.3) is 0 Å². The maximum atomic E-state index is 13.2. The van der Waals surface area contributed by atoms with Gasteiger partial charge in [-0.2, -0.15) is 0 Å². The summed E-state index contributed by atoms with van der Waals surface area (Å²) in [5, 5.41) is 3.01. The molecule has 2 nitrogen and oxygen atoms in total. The lowest BCUT2D eigenvalue weighted by Crippen LogP contribution is -2.13. The second kappa shape index (κ2) is 6.19. The third-order valence-electron chi connectivity index (χ3n) is 2.69. The van der Waals surface area contributed by atoms with E-state index < -0.39 is 11.6 Å². The summed E-state index contributed by atoms with van der Waals surface area (Å²) in [7, 11) is 0. The van der Waals surface area contributed by atoms with Crippen molar-refractivity contribution in [3.05, 3.63) is 53.6 Å². The molecule has 0 amide bonds. The number of nitrogens with one attached hydrogen (secondary N) is 1. The predicted molar refractivity (Wildman–Crippen MR) is 83.8 cm³/mol. The Labute approximate surface area is 125 Å². The fourth-order valence-electron chi connectivity index (χ4n) is 1.79. The largest absolute Gasteiger partial charge is 0.389 e. The molecule has 0 aliphatic rings. The molecule has 0 atom stereocenters. The minimum absolute atomic E-state index is 0.250. The molecule has 0 aliphatic heterocycles. The van der Waals surface area contributed by atoms with Crippen molar-refractivity contribution in [2.24, 2.45) is 5.73 Å². The molecule has 0 bridgehead atoms. The van der Waals surface area contributed by atoms with Crippen LogP contribution in [0.4, 0.5) is 20.2 Å². The molecule has 0 saturated carbocycles. The summed E-state index contributed by atoms with van der Waals surface area (Å²) < 4.78 is 26.1. The number of thioether (sulfide) groups is 1. The van der Waals surface area contributed by atoms with Gasteiger partial charge in [0.15, 0.2) is 11.6 Å². The topological polar surface area (TPSA) is 38.0 Å². The summed E-state index contributed by atoms with van der Waals surface area (Å²) in [6.45, 7) is 0. The zero-order valence-electron chi connectivity index (χ0n) is 10.6. The third-order valence-corrected chi connectivity index (χ3v) is 3.68. The van der Waals surface area contributed by atoms with Crippen molar-refractivity contribution in [2.75, 3.05) is 11.6 Å². The van der Waals surface area contributed by atoms with Crippen LogP contribution < -0.4 is 11.1 Å². The smallest absolute Gasteiger partial charge is 0.160 e. The van der Waals surface area contributed by atoms with Crippen LogP contribution >= 0.6 is 24.0 Å². The first-order valence-corrected chi connectivity index (χ1v) is 7.35. The summed E-state index contributed by atoms with van der Waals surface area (Å²) in [6.07, 6.45) is 1.92. The van der Waals surface area contributed by atoms with E-state index in [2.05, 4.69) is 5.32 Å². The molecule has 0 spiro atoms. The zero-order valence-corrected chi connectivity index (χ0v) is 12.2. The van der Waals surface area contributed by atoms with Gasteiger partial charge in [-0.15, -0.1) is 11.8 Å². The summed E-state index contributed by atoms with van der Waals surface area (Å²) in [4.78, 5) is 1.17. The highest BCUT2D eigenvalue weighted by atomic mass is 32.2. The summed E-state index contributed by atoms with van der Waals surface area (Å²) in [5.74, 6) is -1.80. The van der Waals surface area contributed by atoms with E-state index in [0.29, 0.717) is 16.9 Å². The predicted octanol–water partition coefficient (Wildman–Crippen LogP) is 4.06. The molecule has 0 radical (unpaired) electrons. The van der Waals surface area contributed by atoms with E-state index in [1.165, 1.54) is 17.8 Å².